The molecule has 1 amide bonds. The molecular formula is C11H20N2O3. The number of rotatable bonds is 8. The molecule has 0 aliphatic heterocycles. The third-order valence-corrected chi connectivity index (χ3v) is 2.69. The van der Waals surface area contributed by atoms with Gasteiger partial charge in [0.25, 0.3) is 0 Å². The Hall–Kier alpha value is -1.10. The van der Waals surface area contributed by atoms with Gasteiger partial charge in [-0.1, -0.05) is 6.92 Å². The molecule has 0 aromatic heterocycles. The zero-order chi connectivity index (χ0) is 12.0. The summed E-state index contributed by atoms with van der Waals surface area (Å²) in [4.78, 5) is 21.9. The maximum Gasteiger partial charge on any atom is 0.305 e. The first-order valence-electron chi connectivity index (χ1n) is 5.83. The molecule has 16 heavy (non-hydrogen) atoms. The molecule has 0 aromatic rings. The van der Waals surface area contributed by atoms with E-state index in [9.17, 15) is 9.59 Å². The second kappa shape index (κ2) is 6.48. The summed E-state index contributed by atoms with van der Waals surface area (Å²) in [7, 11) is 0. The van der Waals surface area contributed by atoms with Crippen LogP contribution in [0, 0.1) is 5.92 Å². The highest BCUT2D eigenvalue weighted by Crippen LogP contribution is 2.27. The van der Waals surface area contributed by atoms with Crippen LogP contribution in [-0.4, -0.2) is 36.1 Å². The number of hydrogen-bond acceptors (Lipinski definition) is 3. The maximum atomic E-state index is 11.4. The molecule has 0 saturated heterocycles. The first-order valence-corrected chi connectivity index (χ1v) is 5.83. The van der Waals surface area contributed by atoms with E-state index in [0.29, 0.717) is 6.42 Å². The van der Waals surface area contributed by atoms with Gasteiger partial charge < -0.3 is 15.7 Å². The molecule has 1 saturated carbocycles. The lowest BCUT2D eigenvalue weighted by atomic mass is 10.1. The molecule has 1 fully saturated rings. The van der Waals surface area contributed by atoms with E-state index in [1.807, 2.05) is 6.92 Å². The fourth-order valence-corrected chi connectivity index (χ4v) is 1.50. The molecule has 1 aliphatic rings. The van der Waals surface area contributed by atoms with E-state index in [-0.39, 0.29) is 24.9 Å². The number of amides is 1. The number of carbonyl (C=O) groups excluding carboxylic acids is 1. The predicted octanol–water partition coefficient (Wildman–Crippen LogP) is 0.356. The van der Waals surface area contributed by atoms with Gasteiger partial charge in [0, 0.05) is 6.04 Å². The summed E-state index contributed by atoms with van der Waals surface area (Å²) in [5.74, 6) is -0.249. The van der Waals surface area contributed by atoms with E-state index < -0.39 is 5.97 Å². The fourth-order valence-electron chi connectivity index (χ4n) is 1.50. The minimum Gasteiger partial charge on any atom is -0.481 e. The van der Waals surface area contributed by atoms with Crippen molar-refractivity contribution in [3.05, 3.63) is 0 Å². The molecule has 3 N–H and O–H groups in total. The van der Waals surface area contributed by atoms with E-state index in [1.54, 1.807) is 0 Å². The van der Waals surface area contributed by atoms with Crippen molar-refractivity contribution in [2.75, 3.05) is 13.1 Å². The monoisotopic (exact) mass is 228 g/mol. The van der Waals surface area contributed by atoms with E-state index >= 15 is 0 Å². The van der Waals surface area contributed by atoms with Crippen LogP contribution in [0.3, 0.4) is 0 Å². The fraction of sp³-hybridized carbons (Fsp3) is 0.818. The van der Waals surface area contributed by atoms with Crippen molar-refractivity contribution in [3.8, 4) is 0 Å². The average Bonchev–Trinajstić information content (AvgIpc) is 3.00. The van der Waals surface area contributed by atoms with Crippen LogP contribution >= 0.6 is 0 Å². The van der Waals surface area contributed by atoms with Gasteiger partial charge in [-0.2, -0.15) is 0 Å². The Balaban J connectivity index is 2.11. The second-order valence-corrected chi connectivity index (χ2v) is 4.34. The molecule has 5 heteroatoms. The summed E-state index contributed by atoms with van der Waals surface area (Å²) in [6, 6.07) is -0.257. The van der Waals surface area contributed by atoms with Gasteiger partial charge in [-0.15, -0.1) is 0 Å². The number of hydrogen-bond donors (Lipinski definition) is 3. The van der Waals surface area contributed by atoms with Crippen molar-refractivity contribution in [2.24, 2.45) is 5.92 Å². The molecule has 0 heterocycles. The van der Waals surface area contributed by atoms with Gasteiger partial charge >= 0.3 is 5.97 Å². The molecule has 0 spiro atoms. The van der Waals surface area contributed by atoms with Gasteiger partial charge in [0.15, 0.2) is 0 Å². The standard InChI is InChI=1S/C11H20N2O3/c1-2-9(5-11(15)16)13-10(14)7-12-6-8-3-4-8/h8-9,12H,2-7H2,1H3,(H,13,14)(H,15,16). The molecule has 92 valence electrons. The van der Waals surface area contributed by atoms with Crippen molar-refractivity contribution in [1.82, 2.24) is 10.6 Å². The highest BCUT2D eigenvalue weighted by Gasteiger charge is 2.21. The SMILES string of the molecule is CCC(CC(=O)O)NC(=O)CNCC1CC1. The van der Waals surface area contributed by atoms with Crippen LogP contribution in [0.2, 0.25) is 0 Å². The minimum atomic E-state index is -0.877. The number of nitrogens with one attached hydrogen (secondary N) is 2. The Morgan fingerprint density at radius 3 is 2.62 bits per heavy atom. The van der Waals surface area contributed by atoms with Crippen LogP contribution in [-0.2, 0) is 9.59 Å². The number of carboxylic acid groups (broad SMARTS) is 1. The minimum absolute atomic E-state index is 0.00906. The smallest absolute Gasteiger partial charge is 0.305 e. The van der Waals surface area contributed by atoms with E-state index in [4.69, 9.17) is 5.11 Å². The summed E-state index contributed by atoms with van der Waals surface area (Å²) in [5.41, 5.74) is 0. The zero-order valence-electron chi connectivity index (χ0n) is 9.66. The first-order chi connectivity index (χ1) is 7.61. The number of carbonyl (C=O) groups is 2. The molecule has 5 nitrogen and oxygen atoms in total. The van der Waals surface area contributed by atoms with Crippen LogP contribution in [0.25, 0.3) is 0 Å². The van der Waals surface area contributed by atoms with Gasteiger partial charge in [0.2, 0.25) is 5.91 Å². The van der Waals surface area contributed by atoms with Crippen LogP contribution in [0.15, 0.2) is 0 Å². The molecule has 1 aliphatic carbocycles. The van der Waals surface area contributed by atoms with Crippen LogP contribution in [0.5, 0.6) is 0 Å². The third kappa shape index (κ3) is 5.70. The largest absolute Gasteiger partial charge is 0.481 e. The summed E-state index contributed by atoms with van der Waals surface area (Å²) >= 11 is 0. The molecule has 0 radical (unpaired) electrons. The summed E-state index contributed by atoms with van der Waals surface area (Å²) in [5, 5.41) is 14.4. The summed E-state index contributed by atoms with van der Waals surface area (Å²) < 4.78 is 0. The quantitative estimate of drug-likeness (QED) is 0.560. The second-order valence-electron chi connectivity index (χ2n) is 4.34. The zero-order valence-corrected chi connectivity index (χ0v) is 9.66. The normalized spacial score (nSPS) is 16.8. The van der Waals surface area contributed by atoms with Crippen LogP contribution < -0.4 is 10.6 Å². The molecule has 1 atom stereocenters. The van der Waals surface area contributed by atoms with Gasteiger partial charge in [0.1, 0.15) is 0 Å². The van der Waals surface area contributed by atoms with Gasteiger partial charge in [-0.3, -0.25) is 9.59 Å². The highest BCUT2D eigenvalue weighted by atomic mass is 16.4. The van der Waals surface area contributed by atoms with Crippen LogP contribution in [0.4, 0.5) is 0 Å². The summed E-state index contributed by atoms with van der Waals surface area (Å²) in [6.07, 6.45) is 3.14. The van der Waals surface area contributed by atoms with E-state index in [2.05, 4.69) is 10.6 Å². The molecule has 1 rings (SSSR count). The third-order valence-electron chi connectivity index (χ3n) is 2.69. The lowest BCUT2D eigenvalue weighted by Crippen LogP contribution is -2.41. The Labute approximate surface area is 95.6 Å². The van der Waals surface area contributed by atoms with Gasteiger partial charge in [-0.05, 0) is 31.7 Å². The number of carboxylic acids is 1. The Morgan fingerprint density at radius 2 is 2.12 bits per heavy atom. The first kappa shape index (κ1) is 13.0. The molecular weight excluding hydrogens is 208 g/mol. The lowest BCUT2D eigenvalue weighted by molar-refractivity contribution is -0.137. The van der Waals surface area contributed by atoms with Crippen molar-refractivity contribution in [1.29, 1.82) is 0 Å². The highest BCUT2D eigenvalue weighted by molar-refractivity contribution is 5.79. The molecule has 0 bridgehead atoms. The van der Waals surface area contributed by atoms with Gasteiger partial charge in [-0.25, -0.2) is 0 Å². The predicted molar refractivity (Wildman–Crippen MR) is 60.1 cm³/mol. The van der Waals surface area contributed by atoms with Crippen molar-refractivity contribution < 1.29 is 14.7 Å². The van der Waals surface area contributed by atoms with E-state index in [0.717, 1.165) is 12.5 Å². The van der Waals surface area contributed by atoms with E-state index in [1.165, 1.54) is 12.8 Å². The van der Waals surface area contributed by atoms with Crippen molar-refractivity contribution >= 4 is 11.9 Å². The molecule has 0 aromatic carbocycles. The van der Waals surface area contributed by atoms with Crippen molar-refractivity contribution in [3.63, 3.8) is 0 Å². The number of aliphatic carboxylic acids is 1. The Morgan fingerprint density at radius 1 is 1.44 bits per heavy atom. The van der Waals surface area contributed by atoms with Crippen LogP contribution in [0.1, 0.15) is 32.6 Å². The topological polar surface area (TPSA) is 78.4 Å². The Bertz CT molecular complexity index is 252. The average molecular weight is 228 g/mol. The van der Waals surface area contributed by atoms with Crippen molar-refractivity contribution in [2.45, 2.75) is 38.6 Å². The lowest BCUT2D eigenvalue weighted by Gasteiger charge is -2.14. The molecule has 1 unspecified atom stereocenters. The summed E-state index contributed by atoms with van der Waals surface area (Å²) in [6.45, 7) is 3.04. The van der Waals surface area contributed by atoms with Gasteiger partial charge in [0.05, 0.1) is 13.0 Å². The maximum absolute atomic E-state index is 11.4. The Kier molecular flexibility index (Phi) is 5.25.